The molecule has 0 radical (unpaired) electrons. The lowest BCUT2D eigenvalue weighted by Crippen LogP contribution is -2.15. The fourth-order valence-corrected chi connectivity index (χ4v) is 2.73. The smallest absolute Gasteiger partial charge is 0.338 e. The lowest BCUT2D eigenvalue weighted by atomic mass is 10.0. The number of Topliss-reactive ketones (excluding diaryl/α,β-unsaturated/α-hetero) is 1. The predicted octanol–water partition coefficient (Wildman–Crippen LogP) is 2.75. The van der Waals surface area contributed by atoms with Crippen molar-refractivity contribution in [2.45, 2.75) is 18.7 Å². The average molecular weight is 346 g/mol. The number of esters is 1. The Morgan fingerprint density at radius 3 is 2.29 bits per heavy atom. The number of ether oxygens (including phenoxy) is 1. The number of rotatable bonds is 5. The monoisotopic (exact) mass is 346 g/mol. The fourth-order valence-electron chi connectivity index (χ4n) is 2.07. The van der Waals surface area contributed by atoms with E-state index in [9.17, 15) is 18.0 Å². The highest BCUT2D eigenvalue weighted by Gasteiger charge is 2.15. The second kappa shape index (κ2) is 6.97. The number of hydrogen-bond acceptors (Lipinski definition) is 5. The first-order valence-corrected chi connectivity index (χ1v) is 9.15. The Labute approximate surface area is 141 Å². The van der Waals surface area contributed by atoms with Crippen molar-refractivity contribution >= 4 is 21.6 Å². The van der Waals surface area contributed by atoms with Crippen molar-refractivity contribution < 1.29 is 22.7 Å². The number of benzene rings is 2. The molecule has 0 saturated carbocycles. The SMILES string of the molecule is Cc1ccc(C(=O)COC(=O)c2cccc(S(C)(=O)=O)c2)cc1C. The van der Waals surface area contributed by atoms with Crippen LogP contribution in [0.15, 0.2) is 47.4 Å². The van der Waals surface area contributed by atoms with E-state index >= 15 is 0 Å². The minimum atomic E-state index is -3.42. The molecule has 0 heterocycles. The van der Waals surface area contributed by atoms with Crippen molar-refractivity contribution in [1.82, 2.24) is 0 Å². The zero-order valence-corrected chi connectivity index (χ0v) is 14.5. The summed E-state index contributed by atoms with van der Waals surface area (Å²) in [5.41, 5.74) is 2.61. The summed E-state index contributed by atoms with van der Waals surface area (Å²) < 4.78 is 28.0. The second-order valence-corrected chi connectivity index (χ2v) is 7.61. The van der Waals surface area contributed by atoms with E-state index in [1.165, 1.54) is 24.3 Å². The van der Waals surface area contributed by atoms with E-state index in [1.807, 2.05) is 19.9 Å². The Kier molecular flexibility index (Phi) is 5.19. The van der Waals surface area contributed by atoms with E-state index in [2.05, 4.69) is 0 Å². The summed E-state index contributed by atoms with van der Waals surface area (Å²) in [7, 11) is -3.42. The highest BCUT2D eigenvalue weighted by molar-refractivity contribution is 7.90. The first-order chi connectivity index (χ1) is 11.2. The van der Waals surface area contributed by atoms with Gasteiger partial charge in [-0.25, -0.2) is 13.2 Å². The molecule has 6 heteroatoms. The van der Waals surface area contributed by atoms with Crippen LogP contribution in [0.25, 0.3) is 0 Å². The molecule has 2 rings (SSSR count). The van der Waals surface area contributed by atoms with Gasteiger partial charge in [0.15, 0.2) is 22.2 Å². The van der Waals surface area contributed by atoms with Crippen molar-refractivity contribution in [1.29, 1.82) is 0 Å². The van der Waals surface area contributed by atoms with Gasteiger partial charge in [0.25, 0.3) is 0 Å². The third-order valence-electron chi connectivity index (χ3n) is 3.66. The Morgan fingerprint density at radius 1 is 0.958 bits per heavy atom. The molecule has 2 aromatic carbocycles. The molecule has 0 N–H and O–H groups in total. The Balaban J connectivity index is 2.08. The van der Waals surface area contributed by atoms with Crippen LogP contribution in [0.2, 0.25) is 0 Å². The summed E-state index contributed by atoms with van der Waals surface area (Å²) >= 11 is 0. The van der Waals surface area contributed by atoms with Crippen LogP contribution in [0.3, 0.4) is 0 Å². The van der Waals surface area contributed by atoms with E-state index < -0.39 is 22.4 Å². The Hall–Kier alpha value is -2.47. The number of carbonyl (C=O) groups is 2. The topological polar surface area (TPSA) is 77.5 Å². The summed E-state index contributed by atoms with van der Waals surface area (Å²) in [5.74, 6) is -1.05. The molecule has 0 saturated heterocycles. The zero-order valence-electron chi connectivity index (χ0n) is 13.7. The molecule has 0 aliphatic heterocycles. The minimum absolute atomic E-state index is 0.0254. The third kappa shape index (κ3) is 4.29. The summed E-state index contributed by atoms with van der Waals surface area (Å²) in [5, 5.41) is 0. The van der Waals surface area contributed by atoms with Crippen LogP contribution in [-0.2, 0) is 14.6 Å². The van der Waals surface area contributed by atoms with Crippen molar-refractivity contribution in [3.63, 3.8) is 0 Å². The molecule has 0 fully saturated rings. The van der Waals surface area contributed by atoms with Crippen LogP contribution in [0.5, 0.6) is 0 Å². The molecule has 0 aliphatic carbocycles. The van der Waals surface area contributed by atoms with Gasteiger partial charge in [-0.3, -0.25) is 4.79 Å². The summed E-state index contributed by atoms with van der Waals surface area (Å²) in [4.78, 5) is 24.1. The molecule has 126 valence electrons. The van der Waals surface area contributed by atoms with E-state index in [-0.39, 0.29) is 16.2 Å². The molecule has 0 atom stereocenters. The first-order valence-electron chi connectivity index (χ1n) is 7.26. The maximum absolute atomic E-state index is 12.1. The van der Waals surface area contributed by atoms with Gasteiger partial charge in [-0.1, -0.05) is 18.2 Å². The second-order valence-electron chi connectivity index (χ2n) is 5.60. The van der Waals surface area contributed by atoms with E-state index in [1.54, 1.807) is 12.1 Å². The molecule has 0 spiro atoms. The van der Waals surface area contributed by atoms with Crippen LogP contribution in [0.4, 0.5) is 0 Å². The number of sulfone groups is 1. The molecular formula is C18H18O5S. The van der Waals surface area contributed by atoms with Crippen LogP contribution in [0, 0.1) is 13.8 Å². The number of hydrogen-bond donors (Lipinski definition) is 0. The molecule has 0 amide bonds. The highest BCUT2D eigenvalue weighted by atomic mass is 32.2. The highest BCUT2D eigenvalue weighted by Crippen LogP contribution is 2.13. The van der Waals surface area contributed by atoms with Gasteiger partial charge in [-0.2, -0.15) is 0 Å². The van der Waals surface area contributed by atoms with Crippen LogP contribution < -0.4 is 0 Å². The van der Waals surface area contributed by atoms with Crippen LogP contribution in [-0.4, -0.2) is 33.0 Å². The summed E-state index contributed by atoms with van der Waals surface area (Å²) in [6, 6.07) is 10.8. The summed E-state index contributed by atoms with van der Waals surface area (Å²) in [6.07, 6.45) is 1.06. The molecule has 0 aromatic heterocycles. The van der Waals surface area contributed by atoms with Gasteiger partial charge in [0.05, 0.1) is 10.5 Å². The van der Waals surface area contributed by atoms with E-state index in [4.69, 9.17) is 4.74 Å². The molecule has 5 nitrogen and oxygen atoms in total. The largest absolute Gasteiger partial charge is 0.454 e. The Morgan fingerprint density at radius 2 is 1.67 bits per heavy atom. The van der Waals surface area contributed by atoms with Gasteiger partial charge in [0.1, 0.15) is 0 Å². The molecule has 2 aromatic rings. The van der Waals surface area contributed by atoms with E-state index in [0.717, 1.165) is 17.4 Å². The average Bonchev–Trinajstić information content (AvgIpc) is 2.54. The van der Waals surface area contributed by atoms with Gasteiger partial charge in [0, 0.05) is 11.8 Å². The number of ketones is 1. The van der Waals surface area contributed by atoms with E-state index in [0.29, 0.717) is 5.56 Å². The lowest BCUT2D eigenvalue weighted by molar-refractivity contribution is 0.0474. The third-order valence-corrected chi connectivity index (χ3v) is 4.77. The number of aryl methyl sites for hydroxylation is 2. The van der Waals surface area contributed by atoms with Crippen molar-refractivity contribution in [3.05, 3.63) is 64.7 Å². The lowest BCUT2D eigenvalue weighted by Gasteiger charge is -2.07. The number of carbonyl (C=O) groups excluding carboxylic acids is 2. The zero-order chi connectivity index (χ0) is 17.9. The standard InChI is InChI=1S/C18H18O5S/c1-12-7-8-14(9-13(12)2)17(19)11-23-18(20)15-5-4-6-16(10-15)24(3,21)22/h4-10H,11H2,1-3H3. The molecular weight excluding hydrogens is 328 g/mol. The van der Waals surface area contributed by atoms with Crippen LogP contribution >= 0.6 is 0 Å². The minimum Gasteiger partial charge on any atom is -0.454 e. The van der Waals surface area contributed by atoms with Gasteiger partial charge < -0.3 is 4.74 Å². The molecule has 0 bridgehead atoms. The maximum Gasteiger partial charge on any atom is 0.338 e. The molecule has 0 unspecified atom stereocenters. The first kappa shape index (κ1) is 17.9. The van der Waals surface area contributed by atoms with Gasteiger partial charge in [-0.05, 0) is 49.2 Å². The normalized spacial score (nSPS) is 11.1. The molecule has 0 aliphatic rings. The van der Waals surface area contributed by atoms with Gasteiger partial charge >= 0.3 is 5.97 Å². The molecule has 24 heavy (non-hydrogen) atoms. The van der Waals surface area contributed by atoms with Gasteiger partial charge in [-0.15, -0.1) is 0 Å². The van der Waals surface area contributed by atoms with Crippen molar-refractivity contribution in [2.24, 2.45) is 0 Å². The van der Waals surface area contributed by atoms with Crippen molar-refractivity contribution in [2.75, 3.05) is 12.9 Å². The van der Waals surface area contributed by atoms with Crippen molar-refractivity contribution in [3.8, 4) is 0 Å². The Bertz CT molecular complexity index is 897. The van der Waals surface area contributed by atoms with Gasteiger partial charge in [0.2, 0.25) is 0 Å². The summed E-state index contributed by atoms with van der Waals surface area (Å²) in [6.45, 7) is 3.44. The quantitative estimate of drug-likeness (QED) is 0.614. The predicted molar refractivity (Wildman–Crippen MR) is 90.1 cm³/mol. The van der Waals surface area contributed by atoms with Crippen LogP contribution in [0.1, 0.15) is 31.8 Å². The maximum atomic E-state index is 12.1. The fraction of sp³-hybridized carbons (Fsp3) is 0.222.